The van der Waals surface area contributed by atoms with E-state index in [0.717, 1.165) is 0 Å². The average molecular weight is 193 g/mol. The summed E-state index contributed by atoms with van der Waals surface area (Å²) in [4.78, 5) is 4.59. The van der Waals surface area contributed by atoms with E-state index in [9.17, 15) is 0 Å². The molecule has 1 aliphatic carbocycles. The largest absolute Gasteiger partial charge is 0.265 e. The van der Waals surface area contributed by atoms with Gasteiger partial charge in [0.2, 0.25) is 0 Å². The first kappa shape index (κ1) is 11.5. The Balaban J connectivity index is 2.52. The molecule has 0 N–H and O–H groups in total. The van der Waals surface area contributed by atoms with Crippen molar-refractivity contribution in [3.8, 4) is 0 Å². The third-order valence-corrected chi connectivity index (χ3v) is 2.38. The molecule has 1 heteroatoms. The number of allylic oxidation sites excluding steroid dienone is 2. The van der Waals surface area contributed by atoms with Crippen molar-refractivity contribution in [2.45, 2.75) is 59.3 Å². The number of aliphatic imine (C=N–C) groups is 1. The van der Waals surface area contributed by atoms with E-state index in [-0.39, 0.29) is 5.41 Å². The molecule has 0 fully saturated rings. The molecule has 14 heavy (non-hydrogen) atoms. The van der Waals surface area contributed by atoms with Gasteiger partial charge in [-0.05, 0) is 31.1 Å². The van der Waals surface area contributed by atoms with E-state index in [1.807, 2.05) is 0 Å². The van der Waals surface area contributed by atoms with Gasteiger partial charge in [-0.3, -0.25) is 4.99 Å². The molecule has 0 aliphatic heterocycles. The smallest absolute Gasteiger partial charge is 0.0360 e. The third-order valence-electron chi connectivity index (χ3n) is 2.38. The highest BCUT2D eigenvalue weighted by molar-refractivity contribution is 5.65. The van der Waals surface area contributed by atoms with Crippen molar-refractivity contribution in [1.29, 1.82) is 0 Å². The molecule has 1 aliphatic rings. The van der Waals surface area contributed by atoms with Crippen molar-refractivity contribution in [2.75, 3.05) is 0 Å². The minimum atomic E-state index is 0.212. The van der Waals surface area contributed by atoms with E-state index < -0.39 is 0 Å². The molecule has 0 saturated heterocycles. The number of rotatable bonds is 1. The fourth-order valence-electron chi connectivity index (χ4n) is 1.57. The number of hydrogen-bond donors (Lipinski definition) is 0. The van der Waals surface area contributed by atoms with Crippen molar-refractivity contribution in [1.82, 2.24) is 0 Å². The second kappa shape index (κ2) is 5.33. The molecule has 0 aromatic heterocycles. The molecule has 0 unspecified atom stereocenters. The molecular weight excluding hydrogens is 170 g/mol. The maximum Gasteiger partial charge on any atom is 0.0360 e. The summed E-state index contributed by atoms with van der Waals surface area (Å²) in [7, 11) is 0. The van der Waals surface area contributed by atoms with Crippen LogP contribution in [0.4, 0.5) is 0 Å². The first-order valence-electron chi connectivity index (χ1n) is 5.82. The predicted molar refractivity (Wildman–Crippen MR) is 63.7 cm³/mol. The van der Waals surface area contributed by atoms with E-state index in [1.165, 1.54) is 44.2 Å². The quantitative estimate of drug-likeness (QED) is 0.549. The summed E-state index contributed by atoms with van der Waals surface area (Å²) >= 11 is 0. The molecule has 0 spiro atoms. The molecule has 0 amide bonds. The molecule has 0 atom stereocenters. The van der Waals surface area contributed by atoms with Crippen LogP contribution in [0.15, 0.2) is 16.8 Å². The van der Waals surface area contributed by atoms with Crippen molar-refractivity contribution in [3.63, 3.8) is 0 Å². The second-order valence-corrected chi connectivity index (χ2v) is 5.27. The van der Waals surface area contributed by atoms with Gasteiger partial charge in [0.1, 0.15) is 0 Å². The molecular formula is C13H23N. The minimum Gasteiger partial charge on any atom is -0.265 e. The molecule has 1 rings (SSSR count). The van der Waals surface area contributed by atoms with Crippen molar-refractivity contribution in [2.24, 2.45) is 10.4 Å². The topological polar surface area (TPSA) is 12.4 Å². The Labute approximate surface area is 88.3 Å². The molecule has 1 nitrogen and oxygen atoms in total. The zero-order valence-corrected chi connectivity index (χ0v) is 9.84. The van der Waals surface area contributed by atoms with Gasteiger partial charge in [-0.1, -0.05) is 39.7 Å². The van der Waals surface area contributed by atoms with Crippen LogP contribution in [-0.4, -0.2) is 6.21 Å². The summed E-state index contributed by atoms with van der Waals surface area (Å²) in [5.41, 5.74) is 1.52. The van der Waals surface area contributed by atoms with Crippen LogP contribution < -0.4 is 0 Å². The fourth-order valence-corrected chi connectivity index (χ4v) is 1.57. The molecule has 0 saturated carbocycles. The van der Waals surface area contributed by atoms with E-state index in [4.69, 9.17) is 0 Å². The highest BCUT2D eigenvalue weighted by atomic mass is 14.7. The van der Waals surface area contributed by atoms with Crippen molar-refractivity contribution in [3.05, 3.63) is 11.8 Å². The van der Waals surface area contributed by atoms with Gasteiger partial charge in [-0.2, -0.15) is 0 Å². The Bertz CT molecular complexity index is 218. The normalized spacial score (nSPS) is 24.1. The molecule has 0 aromatic rings. The van der Waals surface area contributed by atoms with Crippen LogP contribution in [0.1, 0.15) is 59.3 Å². The zero-order chi connectivity index (χ0) is 10.4. The summed E-state index contributed by atoms with van der Waals surface area (Å²) in [6.45, 7) is 6.58. The van der Waals surface area contributed by atoms with Crippen LogP contribution in [0.5, 0.6) is 0 Å². The maximum atomic E-state index is 4.59. The van der Waals surface area contributed by atoms with Gasteiger partial charge in [0.15, 0.2) is 0 Å². The van der Waals surface area contributed by atoms with Crippen molar-refractivity contribution >= 4 is 6.21 Å². The fraction of sp³-hybridized carbons (Fsp3) is 0.769. The van der Waals surface area contributed by atoms with Gasteiger partial charge >= 0.3 is 0 Å². The number of hydrogen-bond acceptors (Lipinski definition) is 1. The van der Waals surface area contributed by atoms with Gasteiger partial charge in [0, 0.05) is 11.9 Å². The Hall–Kier alpha value is -0.590. The lowest BCUT2D eigenvalue weighted by molar-refractivity contribution is 0.600. The minimum absolute atomic E-state index is 0.212. The predicted octanol–water partition coefficient (Wildman–Crippen LogP) is 4.34. The molecule has 0 radical (unpaired) electrons. The van der Waals surface area contributed by atoms with Gasteiger partial charge in [0.05, 0.1) is 0 Å². The zero-order valence-electron chi connectivity index (χ0n) is 9.84. The van der Waals surface area contributed by atoms with Crippen molar-refractivity contribution < 1.29 is 0 Å². The number of nitrogens with zero attached hydrogens (tertiary/aromatic N) is 1. The van der Waals surface area contributed by atoms with E-state index >= 15 is 0 Å². The summed E-state index contributed by atoms with van der Waals surface area (Å²) in [6.07, 6.45) is 12.2. The van der Waals surface area contributed by atoms with Gasteiger partial charge in [0.25, 0.3) is 0 Å². The van der Waals surface area contributed by atoms with E-state index in [1.54, 1.807) is 0 Å². The second-order valence-electron chi connectivity index (χ2n) is 5.27. The first-order valence-corrected chi connectivity index (χ1v) is 5.82. The van der Waals surface area contributed by atoms with E-state index in [0.29, 0.717) is 0 Å². The Morgan fingerprint density at radius 1 is 1.14 bits per heavy atom. The van der Waals surface area contributed by atoms with Crippen LogP contribution in [0, 0.1) is 5.41 Å². The monoisotopic (exact) mass is 193 g/mol. The molecule has 0 bridgehead atoms. The lowest BCUT2D eigenvalue weighted by Crippen LogP contribution is -2.06. The Morgan fingerprint density at radius 3 is 2.57 bits per heavy atom. The van der Waals surface area contributed by atoms with E-state index in [2.05, 4.69) is 38.1 Å². The summed E-state index contributed by atoms with van der Waals surface area (Å²) in [6, 6.07) is 0. The van der Waals surface area contributed by atoms with Crippen LogP contribution in [0.2, 0.25) is 0 Å². The van der Waals surface area contributed by atoms with Gasteiger partial charge in [-0.15, -0.1) is 0 Å². The molecule has 0 heterocycles. The molecule has 80 valence electrons. The molecule has 0 aromatic carbocycles. The Morgan fingerprint density at radius 2 is 1.86 bits per heavy atom. The summed E-state index contributed by atoms with van der Waals surface area (Å²) in [5, 5.41) is 0. The van der Waals surface area contributed by atoms with Crippen LogP contribution in [0.25, 0.3) is 0 Å². The highest BCUT2D eigenvalue weighted by Crippen LogP contribution is 2.19. The van der Waals surface area contributed by atoms with Crippen LogP contribution in [0.3, 0.4) is 0 Å². The van der Waals surface area contributed by atoms with Crippen LogP contribution in [-0.2, 0) is 0 Å². The standard InChI is InChI=1S/C13H23N/c1-13(2,3)11-14-12-9-7-5-4-6-8-10-12/h9,11H,4-8,10H2,1-3H3/b12-9+,14-11?. The third kappa shape index (κ3) is 5.21. The van der Waals surface area contributed by atoms with Gasteiger partial charge < -0.3 is 0 Å². The summed E-state index contributed by atoms with van der Waals surface area (Å²) < 4.78 is 0. The Kier molecular flexibility index (Phi) is 4.37. The lowest BCUT2D eigenvalue weighted by atomic mass is 9.99. The van der Waals surface area contributed by atoms with Gasteiger partial charge in [-0.25, -0.2) is 0 Å². The maximum absolute atomic E-state index is 4.59. The average Bonchev–Trinajstić information content (AvgIpc) is 2.00. The summed E-state index contributed by atoms with van der Waals surface area (Å²) in [5.74, 6) is 0. The lowest BCUT2D eigenvalue weighted by Gasteiger charge is -2.12. The SMILES string of the molecule is CC(C)(C)C=N/C1=C/CCCCCC1. The highest BCUT2D eigenvalue weighted by Gasteiger charge is 2.06. The first-order chi connectivity index (χ1) is 6.58. The van der Waals surface area contributed by atoms with Crippen LogP contribution >= 0.6 is 0 Å².